The topological polar surface area (TPSA) is 49.3 Å². The van der Waals surface area contributed by atoms with Gasteiger partial charge in [-0.15, -0.1) is 0 Å². The Balaban J connectivity index is 2.59. The molecule has 0 aliphatic carbocycles. The van der Waals surface area contributed by atoms with Crippen LogP contribution in [0.15, 0.2) is 0 Å². The Morgan fingerprint density at radius 1 is 1.70 bits per heavy atom. The van der Waals surface area contributed by atoms with E-state index in [4.69, 9.17) is 5.11 Å². The smallest absolute Gasteiger partial charge is 0.223 e. The standard InChI is InChI=1S/C7H13NO2/c1-7(2)4-5(9)3-6(10)8-7/h5,9H,3-4H2,1-2H3,(H,8,10)/t5-/m1/s1. The maximum absolute atomic E-state index is 10.8. The van der Waals surface area contributed by atoms with Crippen molar-refractivity contribution in [3.63, 3.8) is 0 Å². The molecule has 0 aromatic carbocycles. The van der Waals surface area contributed by atoms with Crippen molar-refractivity contribution in [1.82, 2.24) is 5.32 Å². The zero-order chi connectivity index (χ0) is 7.78. The Labute approximate surface area is 60.4 Å². The van der Waals surface area contributed by atoms with Crippen LogP contribution in [0.2, 0.25) is 0 Å². The van der Waals surface area contributed by atoms with Gasteiger partial charge in [0.1, 0.15) is 0 Å². The molecule has 1 saturated heterocycles. The van der Waals surface area contributed by atoms with Gasteiger partial charge < -0.3 is 10.4 Å². The maximum atomic E-state index is 10.8. The lowest BCUT2D eigenvalue weighted by atomic mass is 9.91. The van der Waals surface area contributed by atoms with Crippen molar-refractivity contribution >= 4 is 5.91 Å². The van der Waals surface area contributed by atoms with Gasteiger partial charge in [0.25, 0.3) is 0 Å². The van der Waals surface area contributed by atoms with Gasteiger partial charge in [0.2, 0.25) is 5.91 Å². The second-order valence-electron chi connectivity index (χ2n) is 3.49. The molecule has 3 heteroatoms. The van der Waals surface area contributed by atoms with Crippen molar-refractivity contribution in [2.45, 2.75) is 38.3 Å². The third-order valence-corrected chi connectivity index (χ3v) is 1.64. The molecule has 0 radical (unpaired) electrons. The van der Waals surface area contributed by atoms with Gasteiger partial charge in [-0.25, -0.2) is 0 Å². The quantitative estimate of drug-likeness (QED) is 0.503. The lowest BCUT2D eigenvalue weighted by Gasteiger charge is -2.33. The van der Waals surface area contributed by atoms with Crippen molar-refractivity contribution in [1.29, 1.82) is 0 Å². The number of carbonyl (C=O) groups is 1. The van der Waals surface area contributed by atoms with Crippen LogP contribution in [0.1, 0.15) is 26.7 Å². The number of aliphatic hydroxyl groups excluding tert-OH is 1. The number of aliphatic hydroxyl groups is 1. The normalized spacial score (nSPS) is 31.5. The number of carbonyl (C=O) groups excluding carboxylic acids is 1. The van der Waals surface area contributed by atoms with Crippen molar-refractivity contribution in [2.75, 3.05) is 0 Å². The molecule has 0 spiro atoms. The second kappa shape index (κ2) is 2.23. The Bertz CT molecular complexity index is 154. The molecule has 0 aromatic rings. The molecule has 1 amide bonds. The first-order valence-electron chi connectivity index (χ1n) is 3.49. The van der Waals surface area contributed by atoms with Gasteiger partial charge in [0, 0.05) is 5.54 Å². The second-order valence-corrected chi connectivity index (χ2v) is 3.49. The average Bonchev–Trinajstić information content (AvgIpc) is 1.54. The molecule has 1 atom stereocenters. The van der Waals surface area contributed by atoms with Crippen LogP contribution in [0.3, 0.4) is 0 Å². The zero-order valence-corrected chi connectivity index (χ0v) is 6.35. The summed E-state index contributed by atoms with van der Waals surface area (Å²) in [4.78, 5) is 10.8. The average molecular weight is 143 g/mol. The van der Waals surface area contributed by atoms with Crippen LogP contribution in [0, 0.1) is 0 Å². The van der Waals surface area contributed by atoms with E-state index in [0.717, 1.165) is 0 Å². The van der Waals surface area contributed by atoms with E-state index < -0.39 is 6.10 Å². The Morgan fingerprint density at radius 3 is 2.70 bits per heavy atom. The van der Waals surface area contributed by atoms with Crippen molar-refractivity contribution in [2.24, 2.45) is 0 Å². The van der Waals surface area contributed by atoms with Crippen LogP contribution < -0.4 is 5.32 Å². The minimum atomic E-state index is -0.455. The number of hydrogen-bond donors (Lipinski definition) is 2. The summed E-state index contributed by atoms with van der Waals surface area (Å²) in [6, 6.07) is 0. The maximum Gasteiger partial charge on any atom is 0.223 e. The first-order valence-corrected chi connectivity index (χ1v) is 3.49. The lowest BCUT2D eigenvalue weighted by molar-refractivity contribution is -0.128. The van der Waals surface area contributed by atoms with Crippen LogP contribution in [0.5, 0.6) is 0 Å². The SMILES string of the molecule is CC1(C)C[C@H](O)CC(=O)N1. The summed E-state index contributed by atoms with van der Waals surface area (Å²) >= 11 is 0. The molecular formula is C7H13NO2. The first kappa shape index (κ1) is 7.54. The minimum Gasteiger partial charge on any atom is -0.393 e. The van der Waals surface area contributed by atoms with E-state index in [-0.39, 0.29) is 17.9 Å². The third-order valence-electron chi connectivity index (χ3n) is 1.64. The molecule has 0 unspecified atom stereocenters. The summed E-state index contributed by atoms with van der Waals surface area (Å²) in [5.74, 6) is -0.0521. The molecule has 1 rings (SSSR count). The molecule has 1 heterocycles. The molecule has 58 valence electrons. The van der Waals surface area contributed by atoms with Crippen LogP contribution in [-0.4, -0.2) is 22.7 Å². The molecule has 0 saturated carbocycles. The van der Waals surface area contributed by atoms with Crippen LogP contribution in [0.4, 0.5) is 0 Å². The largest absolute Gasteiger partial charge is 0.393 e. The number of hydrogen-bond acceptors (Lipinski definition) is 2. The van der Waals surface area contributed by atoms with Crippen LogP contribution in [0.25, 0.3) is 0 Å². The molecule has 3 nitrogen and oxygen atoms in total. The van der Waals surface area contributed by atoms with Gasteiger partial charge >= 0.3 is 0 Å². The molecule has 0 aromatic heterocycles. The van der Waals surface area contributed by atoms with Gasteiger partial charge in [0.15, 0.2) is 0 Å². The van der Waals surface area contributed by atoms with E-state index in [2.05, 4.69) is 5.32 Å². The highest BCUT2D eigenvalue weighted by molar-refractivity contribution is 5.78. The molecule has 10 heavy (non-hydrogen) atoms. The summed E-state index contributed by atoms with van der Waals surface area (Å²) in [5, 5.41) is 11.9. The fourth-order valence-electron chi connectivity index (χ4n) is 1.35. The van der Waals surface area contributed by atoms with E-state index in [0.29, 0.717) is 6.42 Å². The van der Waals surface area contributed by atoms with Gasteiger partial charge in [0.05, 0.1) is 12.5 Å². The highest BCUT2D eigenvalue weighted by atomic mass is 16.3. The van der Waals surface area contributed by atoms with E-state index in [9.17, 15) is 4.79 Å². The fraction of sp³-hybridized carbons (Fsp3) is 0.857. The Hall–Kier alpha value is -0.570. The monoisotopic (exact) mass is 143 g/mol. The van der Waals surface area contributed by atoms with Crippen molar-refractivity contribution in [3.8, 4) is 0 Å². The number of rotatable bonds is 0. The minimum absolute atomic E-state index is 0.0521. The summed E-state index contributed by atoms with van der Waals surface area (Å²) in [6.07, 6.45) is 0.450. The van der Waals surface area contributed by atoms with Crippen molar-refractivity contribution < 1.29 is 9.90 Å². The molecule has 1 fully saturated rings. The zero-order valence-electron chi connectivity index (χ0n) is 6.35. The number of nitrogens with one attached hydrogen (secondary N) is 1. The predicted molar refractivity (Wildman–Crippen MR) is 37.5 cm³/mol. The van der Waals surface area contributed by atoms with Gasteiger partial charge in [-0.2, -0.15) is 0 Å². The first-order chi connectivity index (χ1) is 4.49. The fourth-order valence-corrected chi connectivity index (χ4v) is 1.35. The molecule has 2 N–H and O–H groups in total. The summed E-state index contributed by atoms with van der Waals surface area (Å²) in [6.45, 7) is 3.82. The summed E-state index contributed by atoms with van der Waals surface area (Å²) < 4.78 is 0. The molecule has 1 aliphatic heterocycles. The third kappa shape index (κ3) is 1.70. The van der Waals surface area contributed by atoms with Gasteiger partial charge in [-0.1, -0.05) is 0 Å². The van der Waals surface area contributed by atoms with Gasteiger partial charge in [-0.3, -0.25) is 4.79 Å². The van der Waals surface area contributed by atoms with E-state index in [1.807, 2.05) is 13.8 Å². The van der Waals surface area contributed by atoms with E-state index in [1.54, 1.807) is 0 Å². The van der Waals surface area contributed by atoms with E-state index >= 15 is 0 Å². The van der Waals surface area contributed by atoms with Gasteiger partial charge in [-0.05, 0) is 20.3 Å². The highest BCUT2D eigenvalue weighted by Crippen LogP contribution is 2.18. The van der Waals surface area contributed by atoms with E-state index in [1.165, 1.54) is 0 Å². The Kier molecular flexibility index (Phi) is 1.68. The number of piperidine rings is 1. The summed E-state index contributed by atoms with van der Waals surface area (Å²) in [5.41, 5.74) is -0.227. The summed E-state index contributed by atoms with van der Waals surface area (Å²) in [7, 11) is 0. The molecular weight excluding hydrogens is 130 g/mol. The molecule has 1 aliphatic rings. The predicted octanol–water partition coefficient (Wildman–Crippen LogP) is 0.0359. The van der Waals surface area contributed by atoms with Crippen LogP contribution >= 0.6 is 0 Å². The highest BCUT2D eigenvalue weighted by Gasteiger charge is 2.30. The van der Waals surface area contributed by atoms with Crippen molar-refractivity contribution in [3.05, 3.63) is 0 Å². The number of amides is 1. The Morgan fingerprint density at radius 2 is 2.30 bits per heavy atom. The van der Waals surface area contributed by atoms with Crippen LogP contribution in [-0.2, 0) is 4.79 Å². The lowest BCUT2D eigenvalue weighted by Crippen LogP contribution is -2.51. The molecule has 0 bridgehead atoms.